The maximum atomic E-state index is 8.63. The van der Waals surface area contributed by atoms with Crippen LogP contribution in [0, 0.1) is 11.3 Å². The van der Waals surface area contributed by atoms with Crippen molar-refractivity contribution in [2.24, 2.45) is 0 Å². The Hall–Kier alpha value is -1.33. The van der Waals surface area contributed by atoms with Crippen molar-refractivity contribution in [2.75, 3.05) is 0 Å². The summed E-state index contributed by atoms with van der Waals surface area (Å²) in [4.78, 5) is 0. The molecule has 0 heterocycles. The van der Waals surface area contributed by atoms with Gasteiger partial charge in [0.25, 0.3) is 0 Å². The third-order valence-electron chi connectivity index (χ3n) is 2.80. The molecule has 0 aromatic heterocycles. The van der Waals surface area contributed by atoms with E-state index in [9.17, 15) is 0 Å². The monoisotopic (exact) mass is 186 g/mol. The highest BCUT2D eigenvalue weighted by atomic mass is 15.0. The third kappa shape index (κ3) is 2.12. The summed E-state index contributed by atoms with van der Waals surface area (Å²) in [6, 6.07) is 9.88. The van der Waals surface area contributed by atoms with Gasteiger partial charge in [0.2, 0.25) is 0 Å². The Bertz CT molecular complexity index is 355. The number of benzene rings is 1. The molecule has 1 aliphatic carbocycles. The van der Waals surface area contributed by atoms with Gasteiger partial charge in [0.1, 0.15) is 0 Å². The van der Waals surface area contributed by atoms with Crippen LogP contribution in [0.15, 0.2) is 24.3 Å². The molecule has 1 saturated carbocycles. The summed E-state index contributed by atoms with van der Waals surface area (Å²) >= 11 is 0. The van der Waals surface area contributed by atoms with Crippen LogP contribution in [0.4, 0.5) is 0 Å². The summed E-state index contributed by atoms with van der Waals surface area (Å²) in [7, 11) is 0. The average molecular weight is 186 g/mol. The minimum atomic E-state index is 0.383. The number of nitriles is 1. The zero-order valence-corrected chi connectivity index (χ0v) is 8.38. The van der Waals surface area contributed by atoms with Crippen molar-refractivity contribution in [2.45, 2.75) is 31.8 Å². The van der Waals surface area contributed by atoms with Gasteiger partial charge in [-0.25, -0.2) is 0 Å². The first-order valence-corrected chi connectivity index (χ1v) is 4.96. The molecule has 1 fully saturated rings. The molecule has 1 N–H and O–H groups in total. The van der Waals surface area contributed by atoms with Gasteiger partial charge in [0.15, 0.2) is 0 Å². The van der Waals surface area contributed by atoms with E-state index in [1.54, 1.807) is 0 Å². The minimum absolute atomic E-state index is 0.383. The van der Waals surface area contributed by atoms with Crippen molar-refractivity contribution in [1.82, 2.24) is 5.32 Å². The van der Waals surface area contributed by atoms with Crippen LogP contribution in [0.5, 0.6) is 0 Å². The minimum Gasteiger partial charge on any atom is -0.307 e. The highest BCUT2D eigenvalue weighted by Crippen LogP contribution is 2.34. The van der Waals surface area contributed by atoms with Crippen molar-refractivity contribution in [1.29, 1.82) is 5.26 Å². The second-order valence-corrected chi connectivity index (χ2v) is 4.22. The molecule has 2 nitrogen and oxygen atoms in total. The largest absolute Gasteiger partial charge is 0.307 e. The average Bonchev–Trinajstić information content (AvgIpc) is 2.95. The van der Waals surface area contributed by atoms with E-state index < -0.39 is 0 Å². The Balaban J connectivity index is 1.94. The first-order chi connectivity index (χ1) is 6.72. The van der Waals surface area contributed by atoms with Crippen LogP contribution in [0.1, 0.15) is 30.9 Å². The van der Waals surface area contributed by atoms with Gasteiger partial charge in [-0.1, -0.05) is 12.1 Å². The van der Waals surface area contributed by atoms with Crippen molar-refractivity contribution in [3.8, 4) is 6.07 Å². The van der Waals surface area contributed by atoms with Crippen molar-refractivity contribution >= 4 is 0 Å². The van der Waals surface area contributed by atoms with E-state index in [0.29, 0.717) is 5.54 Å². The molecule has 1 aromatic rings. The maximum absolute atomic E-state index is 8.63. The zero-order valence-electron chi connectivity index (χ0n) is 8.38. The molecular formula is C12H14N2. The highest BCUT2D eigenvalue weighted by Gasteiger charge is 2.36. The first kappa shape index (κ1) is 9.23. The fraction of sp³-hybridized carbons (Fsp3) is 0.417. The molecular weight excluding hydrogens is 172 g/mol. The lowest BCUT2D eigenvalue weighted by Crippen LogP contribution is -2.26. The van der Waals surface area contributed by atoms with Crippen LogP contribution >= 0.6 is 0 Å². The molecule has 0 unspecified atom stereocenters. The smallest absolute Gasteiger partial charge is 0.0991 e. The van der Waals surface area contributed by atoms with Crippen molar-refractivity contribution in [3.63, 3.8) is 0 Å². The summed E-state index contributed by atoms with van der Waals surface area (Å²) in [5.74, 6) is 0. The standard InChI is InChI=1S/C12H14N2/c1-12(6-7-12)14-9-11-4-2-10(8-13)3-5-11/h2-5,14H,6-7,9H2,1H3. The molecule has 2 rings (SSSR count). The molecule has 0 atom stereocenters. The lowest BCUT2D eigenvalue weighted by Gasteiger charge is -2.10. The molecule has 0 radical (unpaired) electrons. The summed E-state index contributed by atoms with van der Waals surface area (Å²) in [5.41, 5.74) is 2.36. The molecule has 0 amide bonds. The van der Waals surface area contributed by atoms with E-state index in [1.807, 2.05) is 24.3 Å². The lowest BCUT2D eigenvalue weighted by molar-refractivity contribution is 0.538. The molecule has 1 aromatic carbocycles. The predicted octanol–water partition coefficient (Wildman–Crippen LogP) is 2.20. The molecule has 0 aliphatic heterocycles. The van der Waals surface area contributed by atoms with Gasteiger partial charge in [0.05, 0.1) is 11.6 Å². The molecule has 1 aliphatic rings. The highest BCUT2D eigenvalue weighted by molar-refractivity contribution is 5.31. The number of hydrogen-bond donors (Lipinski definition) is 1. The van der Waals surface area contributed by atoms with Gasteiger partial charge in [-0.2, -0.15) is 5.26 Å². The van der Waals surface area contributed by atoms with Crippen LogP contribution in [0.3, 0.4) is 0 Å². The molecule has 2 heteroatoms. The number of hydrogen-bond acceptors (Lipinski definition) is 2. The van der Waals surface area contributed by atoms with Crippen molar-refractivity contribution < 1.29 is 0 Å². The first-order valence-electron chi connectivity index (χ1n) is 4.96. The van der Waals surface area contributed by atoms with Crippen LogP contribution in [0.25, 0.3) is 0 Å². The predicted molar refractivity (Wildman–Crippen MR) is 55.6 cm³/mol. The quantitative estimate of drug-likeness (QED) is 0.785. The second-order valence-electron chi connectivity index (χ2n) is 4.22. The Morgan fingerprint density at radius 2 is 2.00 bits per heavy atom. The van der Waals surface area contributed by atoms with Crippen LogP contribution in [-0.4, -0.2) is 5.54 Å². The van der Waals surface area contributed by atoms with Gasteiger partial charge in [-0.05, 0) is 37.5 Å². The topological polar surface area (TPSA) is 35.8 Å². The summed E-state index contributed by atoms with van der Waals surface area (Å²) in [6.45, 7) is 3.15. The molecule has 72 valence electrons. The van der Waals surface area contributed by atoms with Gasteiger partial charge < -0.3 is 5.32 Å². The van der Waals surface area contributed by atoms with E-state index in [0.717, 1.165) is 12.1 Å². The van der Waals surface area contributed by atoms with Crippen molar-refractivity contribution in [3.05, 3.63) is 35.4 Å². The molecule has 0 saturated heterocycles. The second kappa shape index (κ2) is 3.43. The van der Waals surface area contributed by atoms with E-state index in [1.165, 1.54) is 18.4 Å². The SMILES string of the molecule is CC1(NCc2ccc(C#N)cc2)CC1. The fourth-order valence-corrected chi connectivity index (χ4v) is 1.38. The van der Waals surface area contributed by atoms with Gasteiger partial charge in [-0.3, -0.25) is 0 Å². The Labute approximate surface area is 84.6 Å². The summed E-state index contributed by atoms with van der Waals surface area (Å²) < 4.78 is 0. The van der Waals surface area contributed by atoms with E-state index in [2.05, 4.69) is 18.3 Å². The molecule has 14 heavy (non-hydrogen) atoms. The number of nitrogens with one attached hydrogen (secondary N) is 1. The molecule has 0 bridgehead atoms. The Kier molecular flexibility index (Phi) is 2.26. The van der Waals surface area contributed by atoms with Crippen LogP contribution < -0.4 is 5.32 Å². The number of nitrogens with zero attached hydrogens (tertiary/aromatic N) is 1. The lowest BCUT2D eigenvalue weighted by atomic mass is 10.1. The molecule has 0 spiro atoms. The normalized spacial score (nSPS) is 17.4. The number of rotatable bonds is 3. The maximum Gasteiger partial charge on any atom is 0.0991 e. The van der Waals surface area contributed by atoms with Gasteiger partial charge >= 0.3 is 0 Å². The van der Waals surface area contributed by atoms with Gasteiger partial charge in [-0.15, -0.1) is 0 Å². The van der Waals surface area contributed by atoms with E-state index in [4.69, 9.17) is 5.26 Å². The summed E-state index contributed by atoms with van der Waals surface area (Å²) in [6.07, 6.45) is 2.56. The summed E-state index contributed by atoms with van der Waals surface area (Å²) in [5, 5.41) is 12.1. The Morgan fingerprint density at radius 1 is 1.36 bits per heavy atom. The zero-order chi connectivity index (χ0) is 10.0. The van der Waals surface area contributed by atoms with E-state index >= 15 is 0 Å². The van der Waals surface area contributed by atoms with Gasteiger partial charge in [0, 0.05) is 12.1 Å². The van der Waals surface area contributed by atoms with Crippen LogP contribution in [0.2, 0.25) is 0 Å². The fourth-order valence-electron chi connectivity index (χ4n) is 1.38. The third-order valence-corrected chi connectivity index (χ3v) is 2.80. The van der Waals surface area contributed by atoms with Crippen LogP contribution in [-0.2, 0) is 6.54 Å². The Morgan fingerprint density at radius 3 is 2.50 bits per heavy atom. The van der Waals surface area contributed by atoms with E-state index in [-0.39, 0.29) is 0 Å².